The third-order valence-electron chi connectivity index (χ3n) is 4.55. The van der Waals surface area contributed by atoms with Gasteiger partial charge in [0.1, 0.15) is 5.82 Å². The molecule has 0 aliphatic heterocycles. The lowest BCUT2D eigenvalue weighted by Crippen LogP contribution is -2.26. The second-order valence-electron chi connectivity index (χ2n) is 6.97. The SMILES string of the molecule is Cc1c(F)cccc1-n1c(C)cc2c1CC(C)(C)CC2O. The molecule has 112 valence electrons. The van der Waals surface area contributed by atoms with Crippen molar-refractivity contribution >= 4 is 0 Å². The molecule has 0 saturated heterocycles. The van der Waals surface area contributed by atoms with Gasteiger partial charge in [-0.15, -0.1) is 0 Å². The molecule has 3 rings (SSSR count). The molecule has 2 nitrogen and oxygen atoms in total. The van der Waals surface area contributed by atoms with E-state index in [1.54, 1.807) is 13.0 Å². The molecule has 3 heteroatoms. The number of nitrogens with zero attached hydrogens (tertiary/aromatic N) is 1. The fourth-order valence-electron chi connectivity index (χ4n) is 3.52. The lowest BCUT2D eigenvalue weighted by Gasteiger charge is -2.34. The summed E-state index contributed by atoms with van der Waals surface area (Å²) < 4.78 is 16.0. The largest absolute Gasteiger partial charge is 0.388 e. The van der Waals surface area contributed by atoms with E-state index in [4.69, 9.17) is 0 Å². The number of halogens is 1. The zero-order valence-corrected chi connectivity index (χ0v) is 13.1. The first-order chi connectivity index (χ1) is 9.80. The molecule has 1 heterocycles. The van der Waals surface area contributed by atoms with Gasteiger partial charge in [-0.3, -0.25) is 0 Å². The maximum absolute atomic E-state index is 13.9. The van der Waals surface area contributed by atoms with Crippen LogP contribution < -0.4 is 0 Å². The van der Waals surface area contributed by atoms with E-state index in [9.17, 15) is 9.50 Å². The molecular weight excluding hydrogens is 265 g/mol. The van der Waals surface area contributed by atoms with Crippen LogP contribution in [0.5, 0.6) is 0 Å². The van der Waals surface area contributed by atoms with Gasteiger partial charge in [0.05, 0.1) is 11.8 Å². The number of hydrogen-bond acceptors (Lipinski definition) is 1. The Balaban J connectivity index is 2.24. The minimum absolute atomic E-state index is 0.0518. The molecule has 0 radical (unpaired) electrons. The molecule has 0 amide bonds. The van der Waals surface area contributed by atoms with Crippen LogP contribution in [0.1, 0.15) is 48.9 Å². The summed E-state index contributed by atoms with van der Waals surface area (Å²) >= 11 is 0. The zero-order chi connectivity index (χ0) is 15.4. The van der Waals surface area contributed by atoms with E-state index < -0.39 is 6.10 Å². The van der Waals surface area contributed by atoms with Gasteiger partial charge in [-0.1, -0.05) is 19.9 Å². The molecule has 1 aromatic carbocycles. The van der Waals surface area contributed by atoms with E-state index in [0.717, 1.165) is 35.5 Å². The second-order valence-corrected chi connectivity index (χ2v) is 6.97. The highest BCUT2D eigenvalue weighted by Crippen LogP contribution is 2.43. The molecule has 1 atom stereocenters. The Labute approximate surface area is 125 Å². The van der Waals surface area contributed by atoms with Gasteiger partial charge in [-0.2, -0.15) is 0 Å². The van der Waals surface area contributed by atoms with Crippen LogP contribution in [-0.4, -0.2) is 9.67 Å². The van der Waals surface area contributed by atoms with Crippen LogP contribution in [0.2, 0.25) is 0 Å². The van der Waals surface area contributed by atoms with Gasteiger partial charge in [0, 0.05) is 22.5 Å². The molecule has 1 unspecified atom stereocenters. The van der Waals surface area contributed by atoms with E-state index >= 15 is 0 Å². The molecule has 0 saturated carbocycles. The fraction of sp³-hybridized carbons (Fsp3) is 0.444. The van der Waals surface area contributed by atoms with Gasteiger partial charge in [-0.25, -0.2) is 4.39 Å². The number of benzene rings is 1. The van der Waals surface area contributed by atoms with Crippen molar-refractivity contribution in [3.05, 3.63) is 52.6 Å². The van der Waals surface area contributed by atoms with E-state index in [-0.39, 0.29) is 11.2 Å². The monoisotopic (exact) mass is 287 g/mol. The quantitative estimate of drug-likeness (QED) is 0.834. The van der Waals surface area contributed by atoms with Crippen molar-refractivity contribution in [1.82, 2.24) is 4.57 Å². The minimum Gasteiger partial charge on any atom is -0.388 e. The lowest BCUT2D eigenvalue weighted by atomic mass is 9.75. The predicted molar refractivity (Wildman–Crippen MR) is 82.3 cm³/mol. The van der Waals surface area contributed by atoms with Crippen molar-refractivity contribution in [3.8, 4) is 5.69 Å². The number of aromatic nitrogens is 1. The Morgan fingerprint density at radius 2 is 2.00 bits per heavy atom. The summed E-state index contributed by atoms with van der Waals surface area (Å²) in [5, 5.41) is 10.4. The summed E-state index contributed by atoms with van der Waals surface area (Å²) in [6.45, 7) is 8.16. The fourth-order valence-corrected chi connectivity index (χ4v) is 3.52. The van der Waals surface area contributed by atoms with Gasteiger partial charge in [0.25, 0.3) is 0 Å². The van der Waals surface area contributed by atoms with Crippen molar-refractivity contribution in [2.45, 2.75) is 46.6 Å². The summed E-state index contributed by atoms with van der Waals surface area (Å²) in [6, 6.07) is 7.22. The molecular formula is C18H22FNO. The molecule has 0 bridgehead atoms. The Morgan fingerprint density at radius 1 is 1.29 bits per heavy atom. The first-order valence-corrected chi connectivity index (χ1v) is 7.45. The van der Waals surface area contributed by atoms with Crippen LogP contribution >= 0.6 is 0 Å². The molecule has 1 aliphatic rings. The molecule has 1 aliphatic carbocycles. The summed E-state index contributed by atoms with van der Waals surface area (Å²) in [5.74, 6) is -0.190. The van der Waals surface area contributed by atoms with Gasteiger partial charge >= 0.3 is 0 Å². The number of aryl methyl sites for hydroxylation is 1. The molecule has 21 heavy (non-hydrogen) atoms. The van der Waals surface area contributed by atoms with E-state index in [0.29, 0.717) is 5.56 Å². The Hall–Kier alpha value is -1.61. The number of hydrogen-bond donors (Lipinski definition) is 1. The summed E-state index contributed by atoms with van der Waals surface area (Å²) in [4.78, 5) is 0. The summed E-state index contributed by atoms with van der Waals surface area (Å²) in [6.07, 6.45) is 1.23. The standard InChI is InChI=1S/C18H22FNO/c1-11-8-13-16(9-18(3,4)10-17(13)21)20(11)15-7-5-6-14(19)12(15)2/h5-8,17,21H,9-10H2,1-4H3. The highest BCUT2D eigenvalue weighted by atomic mass is 19.1. The molecule has 1 aromatic heterocycles. The Bertz CT molecular complexity index is 699. The van der Waals surface area contributed by atoms with E-state index in [1.807, 2.05) is 19.1 Å². The third kappa shape index (κ3) is 2.30. The van der Waals surface area contributed by atoms with E-state index in [2.05, 4.69) is 18.4 Å². The van der Waals surface area contributed by atoms with Crippen molar-refractivity contribution < 1.29 is 9.50 Å². The molecule has 0 spiro atoms. The normalized spacial score (nSPS) is 20.4. The van der Waals surface area contributed by atoms with Crippen LogP contribution in [0.3, 0.4) is 0 Å². The van der Waals surface area contributed by atoms with Crippen molar-refractivity contribution in [2.24, 2.45) is 5.41 Å². The second kappa shape index (κ2) is 4.70. The van der Waals surface area contributed by atoms with Crippen molar-refractivity contribution in [3.63, 3.8) is 0 Å². The van der Waals surface area contributed by atoms with Gasteiger partial charge in [0.15, 0.2) is 0 Å². The maximum atomic E-state index is 13.9. The number of fused-ring (bicyclic) bond motifs is 1. The first-order valence-electron chi connectivity index (χ1n) is 7.45. The lowest BCUT2D eigenvalue weighted by molar-refractivity contribution is 0.0987. The minimum atomic E-state index is -0.433. The Morgan fingerprint density at radius 3 is 2.71 bits per heavy atom. The molecule has 2 aromatic rings. The van der Waals surface area contributed by atoms with E-state index in [1.165, 1.54) is 6.07 Å². The average Bonchev–Trinajstić information content (AvgIpc) is 2.69. The highest BCUT2D eigenvalue weighted by Gasteiger charge is 2.34. The number of aliphatic hydroxyl groups is 1. The van der Waals surface area contributed by atoms with Crippen LogP contribution in [0, 0.1) is 25.1 Å². The highest BCUT2D eigenvalue weighted by molar-refractivity contribution is 5.48. The van der Waals surface area contributed by atoms with Crippen LogP contribution in [0.15, 0.2) is 24.3 Å². The van der Waals surface area contributed by atoms with Crippen molar-refractivity contribution in [2.75, 3.05) is 0 Å². The molecule has 0 fully saturated rings. The van der Waals surface area contributed by atoms with Gasteiger partial charge in [0.2, 0.25) is 0 Å². The van der Waals surface area contributed by atoms with Gasteiger partial charge < -0.3 is 9.67 Å². The topological polar surface area (TPSA) is 25.2 Å². The number of aliphatic hydroxyl groups excluding tert-OH is 1. The number of rotatable bonds is 1. The van der Waals surface area contributed by atoms with Gasteiger partial charge in [-0.05, 0) is 50.3 Å². The van der Waals surface area contributed by atoms with Crippen LogP contribution in [0.4, 0.5) is 4.39 Å². The first kappa shape index (κ1) is 14.3. The third-order valence-corrected chi connectivity index (χ3v) is 4.55. The van der Waals surface area contributed by atoms with Crippen LogP contribution in [-0.2, 0) is 6.42 Å². The summed E-state index contributed by atoms with van der Waals surface area (Å²) in [7, 11) is 0. The Kier molecular flexibility index (Phi) is 3.21. The van der Waals surface area contributed by atoms with Crippen LogP contribution in [0.25, 0.3) is 5.69 Å². The predicted octanol–water partition coefficient (Wildman–Crippen LogP) is 4.24. The van der Waals surface area contributed by atoms with Crippen molar-refractivity contribution in [1.29, 1.82) is 0 Å². The zero-order valence-electron chi connectivity index (χ0n) is 13.1. The molecule has 1 N–H and O–H groups in total. The average molecular weight is 287 g/mol. The summed E-state index contributed by atoms with van der Waals surface area (Å²) in [5.41, 5.74) is 4.73. The maximum Gasteiger partial charge on any atom is 0.128 e. The smallest absolute Gasteiger partial charge is 0.128 e.